The Kier molecular flexibility index (Phi) is 1.40. The minimum absolute atomic E-state index is 0.100. The highest BCUT2D eigenvalue weighted by Gasteiger charge is 2.40. The standard InChI is InChI=1S/C11H11NO2/c13-8-3-1-2-7-9(8)11(14)12-10(7)6-4-5-6/h1-3,6,10,13H,4-5H2,(H,12,14). The first-order chi connectivity index (χ1) is 6.77. The third-order valence-corrected chi connectivity index (χ3v) is 3.02. The molecule has 1 aliphatic heterocycles. The Morgan fingerprint density at radius 2 is 2.14 bits per heavy atom. The number of carbonyl (C=O) groups excluding carboxylic acids is 1. The summed E-state index contributed by atoms with van der Waals surface area (Å²) in [6, 6.07) is 5.43. The van der Waals surface area contributed by atoms with Gasteiger partial charge in [-0.25, -0.2) is 0 Å². The van der Waals surface area contributed by atoms with Crippen LogP contribution in [0.25, 0.3) is 0 Å². The molecule has 1 fully saturated rings. The van der Waals surface area contributed by atoms with Crippen molar-refractivity contribution in [3.63, 3.8) is 0 Å². The molecule has 3 nitrogen and oxygen atoms in total. The second-order valence-corrected chi connectivity index (χ2v) is 4.03. The summed E-state index contributed by atoms with van der Waals surface area (Å²) in [6.07, 6.45) is 2.36. The van der Waals surface area contributed by atoms with Crippen molar-refractivity contribution < 1.29 is 9.90 Å². The predicted octanol–water partition coefficient (Wildman–Crippen LogP) is 1.59. The van der Waals surface area contributed by atoms with Crippen LogP contribution in [0.1, 0.15) is 34.8 Å². The van der Waals surface area contributed by atoms with Gasteiger partial charge in [0, 0.05) is 0 Å². The number of carbonyl (C=O) groups is 1. The number of nitrogens with one attached hydrogen (secondary N) is 1. The monoisotopic (exact) mass is 189 g/mol. The van der Waals surface area contributed by atoms with E-state index in [0.717, 1.165) is 5.56 Å². The van der Waals surface area contributed by atoms with E-state index in [-0.39, 0.29) is 17.7 Å². The summed E-state index contributed by atoms with van der Waals surface area (Å²) in [7, 11) is 0. The van der Waals surface area contributed by atoms with Gasteiger partial charge in [-0.2, -0.15) is 0 Å². The predicted molar refractivity (Wildman–Crippen MR) is 51.0 cm³/mol. The Morgan fingerprint density at radius 3 is 2.86 bits per heavy atom. The fourth-order valence-electron chi connectivity index (χ4n) is 2.16. The third kappa shape index (κ3) is 0.953. The molecule has 1 aromatic rings. The molecule has 1 atom stereocenters. The molecule has 3 rings (SSSR count). The summed E-state index contributed by atoms with van der Waals surface area (Å²) >= 11 is 0. The van der Waals surface area contributed by atoms with Gasteiger partial charge in [0.25, 0.3) is 5.91 Å². The summed E-state index contributed by atoms with van der Waals surface area (Å²) in [6.45, 7) is 0. The molecule has 1 saturated carbocycles. The van der Waals surface area contributed by atoms with Crippen LogP contribution in [0.15, 0.2) is 18.2 Å². The molecule has 1 heterocycles. The van der Waals surface area contributed by atoms with Gasteiger partial charge < -0.3 is 10.4 Å². The van der Waals surface area contributed by atoms with E-state index in [2.05, 4.69) is 5.32 Å². The number of hydrogen-bond donors (Lipinski definition) is 2. The average Bonchev–Trinajstić information content (AvgIpc) is 2.93. The van der Waals surface area contributed by atoms with Crippen molar-refractivity contribution in [1.82, 2.24) is 5.32 Å². The molecule has 0 spiro atoms. The molecule has 1 aromatic carbocycles. The first kappa shape index (κ1) is 7.85. The first-order valence-corrected chi connectivity index (χ1v) is 4.90. The molecule has 0 aromatic heterocycles. The number of rotatable bonds is 1. The number of fused-ring (bicyclic) bond motifs is 1. The van der Waals surface area contributed by atoms with Gasteiger partial charge in [0.15, 0.2) is 0 Å². The minimum Gasteiger partial charge on any atom is -0.507 e. The maximum Gasteiger partial charge on any atom is 0.255 e. The van der Waals surface area contributed by atoms with Crippen molar-refractivity contribution in [2.24, 2.45) is 5.92 Å². The molecule has 1 aliphatic carbocycles. The van der Waals surface area contributed by atoms with E-state index in [0.29, 0.717) is 11.5 Å². The molecule has 0 saturated heterocycles. The van der Waals surface area contributed by atoms with E-state index in [1.807, 2.05) is 6.07 Å². The number of phenolic OH excluding ortho intramolecular Hbond substituents is 1. The number of amides is 1. The highest BCUT2D eigenvalue weighted by atomic mass is 16.3. The van der Waals surface area contributed by atoms with E-state index < -0.39 is 0 Å². The summed E-state index contributed by atoms with van der Waals surface area (Å²) < 4.78 is 0. The summed E-state index contributed by atoms with van der Waals surface area (Å²) in [5.74, 6) is 0.556. The van der Waals surface area contributed by atoms with Crippen LogP contribution in [0, 0.1) is 5.92 Å². The van der Waals surface area contributed by atoms with Gasteiger partial charge >= 0.3 is 0 Å². The lowest BCUT2D eigenvalue weighted by Gasteiger charge is -2.08. The lowest BCUT2D eigenvalue weighted by molar-refractivity contribution is 0.0951. The van der Waals surface area contributed by atoms with Gasteiger partial charge in [-0.3, -0.25) is 4.79 Å². The van der Waals surface area contributed by atoms with Crippen LogP contribution in [0.4, 0.5) is 0 Å². The van der Waals surface area contributed by atoms with Crippen LogP contribution in [0.5, 0.6) is 5.75 Å². The van der Waals surface area contributed by atoms with Gasteiger partial charge in [-0.15, -0.1) is 0 Å². The Bertz CT molecular complexity index is 410. The summed E-state index contributed by atoms with van der Waals surface area (Å²) in [4.78, 5) is 11.6. The van der Waals surface area contributed by atoms with Crippen LogP contribution in [0.2, 0.25) is 0 Å². The number of phenols is 1. The Labute approximate surface area is 81.8 Å². The molecule has 1 amide bonds. The Balaban J connectivity index is 2.13. The van der Waals surface area contributed by atoms with Crippen LogP contribution < -0.4 is 5.32 Å². The highest BCUT2D eigenvalue weighted by molar-refractivity contribution is 6.01. The van der Waals surface area contributed by atoms with Gasteiger partial charge in [0.05, 0.1) is 11.6 Å². The van der Waals surface area contributed by atoms with E-state index in [1.165, 1.54) is 12.8 Å². The number of benzene rings is 1. The second kappa shape index (κ2) is 2.50. The molecule has 1 unspecified atom stereocenters. The zero-order valence-electron chi connectivity index (χ0n) is 7.66. The zero-order valence-corrected chi connectivity index (χ0v) is 7.66. The average molecular weight is 189 g/mol. The van der Waals surface area contributed by atoms with Crippen molar-refractivity contribution in [3.05, 3.63) is 29.3 Å². The normalized spacial score (nSPS) is 24.6. The van der Waals surface area contributed by atoms with Gasteiger partial charge in [-0.05, 0) is 30.4 Å². The molecule has 2 N–H and O–H groups in total. The third-order valence-electron chi connectivity index (χ3n) is 3.02. The van der Waals surface area contributed by atoms with Crippen molar-refractivity contribution in [2.75, 3.05) is 0 Å². The van der Waals surface area contributed by atoms with E-state index in [1.54, 1.807) is 12.1 Å². The highest BCUT2D eigenvalue weighted by Crippen LogP contribution is 2.45. The van der Waals surface area contributed by atoms with Crippen LogP contribution in [0.3, 0.4) is 0 Å². The van der Waals surface area contributed by atoms with Gasteiger partial charge in [-0.1, -0.05) is 12.1 Å². The Morgan fingerprint density at radius 1 is 1.36 bits per heavy atom. The van der Waals surface area contributed by atoms with Crippen molar-refractivity contribution in [3.8, 4) is 5.75 Å². The van der Waals surface area contributed by atoms with Gasteiger partial charge in [0.2, 0.25) is 0 Å². The summed E-state index contributed by atoms with van der Waals surface area (Å²) in [5, 5.41) is 12.5. The molecule has 0 radical (unpaired) electrons. The van der Waals surface area contributed by atoms with E-state index in [9.17, 15) is 9.90 Å². The zero-order chi connectivity index (χ0) is 9.71. The number of aromatic hydroxyl groups is 1. The van der Waals surface area contributed by atoms with Crippen LogP contribution in [-0.2, 0) is 0 Å². The fraction of sp³-hybridized carbons (Fsp3) is 0.364. The van der Waals surface area contributed by atoms with Crippen molar-refractivity contribution >= 4 is 5.91 Å². The van der Waals surface area contributed by atoms with E-state index >= 15 is 0 Å². The molecular weight excluding hydrogens is 178 g/mol. The second-order valence-electron chi connectivity index (χ2n) is 4.03. The molecule has 3 heteroatoms. The topological polar surface area (TPSA) is 49.3 Å². The Hall–Kier alpha value is -1.51. The van der Waals surface area contributed by atoms with Gasteiger partial charge in [0.1, 0.15) is 5.75 Å². The molecule has 14 heavy (non-hydrogen) atoms. The molecule has 0 bridgehead atoms. The van der Waals surface area contributed by atoms with Crippen LogP contribution in [-0.4, -0.2) is 11.0 Å². The van der Waals surface area contributed by atoms with Crippen molar-refractivity contribution in [2.45, 2.75) is 18.9 Å². The molecule has 2 aliphatic rings. The number of hydrogen-bond acceptors (Lipinski definition) is 2. The maximum absolute atomic E-state index is 11.6. The van der Waals surface area contributed by atoms with Crippen molar-refractivity contribution in [1.29, 1.82) is 0 Å². The fourth-order valence-corrected chi connectivity index (χ4v) is 2.16. The SMILES string of the molecule is O=C1NC(C2CC2)c2cccc(O)c21. The minimum atomic E-state index is -0.130. The lowest BCUT2D eigenvalue weighted by atomic mass is 10.0. The lowest BCUT2D eigenvalue weighted by Crippen LogP contribution is -2.20. The largest absolute Gasteiger partial charge is 0.507 e. The summed E-state index contributed by atoms with van der Waals surface area (Å²) in [5.41, 5.74) is 1.45. The van der Waals surface area contributed by atoms with Crippen LogP contribution >= 0.6 is 0 Å². The maximum atomic E-state index is 11.6. The molecular formula is C11H11NO2. The quantitative estimate of drug-likeness (QED) is 0.704. The van der Waals surface area contributed by atoms with E-state index in [4.69, 9.17) is 0 Å². The molecule has 72 valence electrons. The smallest absolute Gasteiger partial charge is 0.255 e. The first-order valence-electron chi connectivity index (χ1n) is 4.90.